The van der Waals surface area contributed by atoms with Crippen LogP contribution in [0.5, 0.6) is 5.75 Å². The number of hydrogen-bond donors (Lipinski definition) is 1. The lowest BCUT2D eigenvalue weighted by Crippen LogP contribution is -2.47. The molecule has 0 bridgehead atoms. The van der Waals surface area contributed by atoms with Crippen LogP contribution in [-0.4, -0.2) is 56.9 Å². The Labute approximate surface area is 168 Å². The van der Waals surface area contributed by atoms with Crippen molar-refractivity contribution in [3.63, 3.8) is 0 Å². The maximum atomic E-state index is 6.07. The van der Waals surface area contributed by atoms with E-state index < -0.39 is 0 Å². The second kappa shape index (κ2) is 10.7. The molecule has 1 fully saturated rings. The van der Waals surface area contributed by atoms with Gasteiger partial charge in [0.1, 0.15) is 12.4 Å². The standard InChI is InChI=1S/C23H31N3O2/c1-3-27-20-13-16-26(17-14-20)23(24-2)25-15-18-28-22-12-8-7-11-21(22)19-9-5-4-6-10-19/h4-12,20H,3,13-18H2,1-2H3,(H,24,25). The molecule has 5 nitrogen and oxygen atoms in total. The molecule has 0 atom stereocenters. The lowest BCUT2D eigenvalue weighted by molar-refractivity contribution is 0.0263. The average Bonchev–Trinajstić information content (AvgIpc) is 2.76. The van der Waals surface area contributed by atoms with Crippen LogP contribution in [0.3, 0.4) is 0 Å². The summed E-state index contributed by atoms with van der Waals surface area (Å²) in [6, 6.07) is 18.5. The number of para-hydroxylation sites is 1. The summed E-state index contributed by atoms with van der Waals surface area (Å²) in [5.41, 5.74) is 2.28. The molecule has 0 spiro atoms. The van der Waals surface area contributed by atoms with Crippen LogP contribution < -0.4 is 10.1 Å². The van der Waals surface area contributed by atoms with Gasteiger partial charge in [-0.15, -0.1) is 0 Å². The van der Waals surface area contributed by atoms with Crippen LogP contribution in [0.15, 0.2) is 59.6 Å². The molecule has 2 aromatic carbocycles. The second-order valence-corrected chi connectivity index (χ2v) is 6.83. The number of nitrogens with zero attached hydrogens (tertiary/aromatic N) is 2. The Balaban J connectivity index is 1.48. The van der Waals surface area contributed by atoms with Gasteiger partial charge in [-0.3, -0.25) is 4.99 Å². The van der Waals surface area contributed by atoms with Gasteiger partial charge in [-0.2, -0.15) is 0 Å². The van der Waals surface area contributed by atoms with Gasteiger partial charge in [-0.05, 0) is 31.4 Å². The smallest absolute Gasteiger partial charge is 0.193 e. The minimum atomic E-state index is 0.386. The zero-order chi connectivity index (χ0) is 19.6. The molecule has 1 saturated heterocycles. The van der Waals surface area contributed by atoms with Crippen LogP contribution >= 0.6 is 0 Å². The summed E-state index contributed by atoms with van der Waals surface area (Å²) in [6.07, 6.45) is 2.49. The van der Waals surface area contributed by atoms with Gasteiger partial charge in [0.2, 0.25) is 0 Å². The van der Waals surface area contributed by atoms with Crippen molar-refractivity contribution in [2.45, 2.75) is 25.9 Å². The Morgan fingerprint density at radius 2 is 1.79 bits per heavy atom. The Hall–Kier alpha value is -2.53. The Morgan fingerprint density at radius 3 is 2.50 bits per heavy atom. The number of guanidine groups is 1. The molecule has 0 aromatic heterocycles. The maximum absolute atomic E-state index is 6.07. The van der Waals surface area contributed by atoms with E-state index in [4.69, 9.17) is 9.47 Å². The molecule has 0 aliphatic carbocycles. The van der Waals surface area contributed by atoms with Crippen molar-refractivity contribution in [2.24, 2.45) is 4.99 Å². The second-order valence-electron chi connectivity index (χ2n) is 6.83. The average molecular weight is 382 g/mol. The van der Waals surface area contributed by atoms with E-state index in [1.54, 1.807) is 0 Å². The van der Waals surface area contributed by atoms with Crippen LogP contribution in [0, 0.1) is 0 Å². The molecule has 3 rings (SSSR count). The number of benzene rings is 2. The number of nitrogens with one attached hydrogen (secondary N) is 1. The molecule has 0 radical (unpaired) electrons. The number of aliphatic imine (C=N–C) groups is 1. The van der Waals surface area contributed by atoms with Crippen molar-refractivity contribution in [1.82, 2.24) is 10.2 Å². The maximum Gasteiger partial charge on any atom is 0.193 e. The Morgan fingerprint density at radius 1 is 1.07 bits per heavy atom. The molecule has 1 aliphatic rings. The van der Waals surface area contributed by atoms with Crippen molar-refractivity contribution < 1.29 is 9.47 Å². The summed E-state index contributed by atoms with van der Waals surface area (Å²) in [5, 5.41) is 3.43. The summed E-state index contributed by atoms with van der Waals surface area (Å²) in [5.74, 6) is 1.85. The van der Waals surface area contributed by atoms with Crippen LogP contribution in [0.2, 0.25) is 0 Å². The quantitative estimate of drug-likeness (QED) is 0.450. The summed E-state index contributed by atoms with van der Waals surface area (Å²) in [6.45, 7) is 6.09. The van der Waals surface area contributed by atoms with Gasteiger partial charge in [-0.25, -0.2) is 0 Å². The predicted molar refractivity (Wildman–Crippen MR) is 115 cm³/mol. The highest BCUT2D eigenvalue weighted by Gasteiger charge is 2.21. The minimum absolute atomic E-state index is 0.386. The van der Waals surface area contributed by atoms with Crippen molar-refractivity contribution in [2.75, 3.05) is 39.9 Å². The van der Waals surface area contributed by atoms with E-state index in [9.17, 15) is 0 Å². The third-order valence-electron chi connectivity index (χ3n) is 4.97. The van der Waals surface area contributed by atoms with Gasteiger partial charge >= 0.3 is 0 Å². The summed E-state index contributed by atoms with van der Waals surface area (Å²) < 4.78 is 11.8. The van der Waals surface area contributed by atoms with Gasteiger partial charge in [0.05, 0.1) is 12.6 Å². The molecule has 28 heavy (non-hydrogen) atoms. The monoisotopic (exact) mass is 381 g/mol. The Kier molecular flexibility index (Phi) is 7.73. The first-order chi connectivity index (χ1) is 13.8. The number of rotatable bonds is 7. The van der Waals surface area contributed by atoms with E-state index >= 15 is 0 Å². The lowest BCUT2D eigenvalue weighted by Gasteiger charge is -2.34. The van der Waals surface area contributed by atoms with E-state index in [0.29, 0.717) is 19.3 Å². The van der Waals surface area contributed by atoms with Crippen molar-refractivity contribution in [1.29, 1.82) is 0 Å². The van der Waals surface area contributed by atoms with Crippen molar-refractivity contribution in [3.05, 3.63) is 54.6 Å². The van der Waals surface area contributed by atoms with Gasteiger partial charge in [0.15, 0.2) is 5.96 Å². The molecule has 0 unspecified atom stereocenters. The highest BCUT2D eigenvalue weighted by Crippen LogP contribution is 2.29. The fourth-order valence-corrected chi connectivity index (χ4v) is 3.57. The van der Waals surface area contributed by atoms with Crippen molar-refractivity contribution in [3.8, 4) is 16.9 Å². The molecule has 5 heteroatoms. The molecule has 1 N–H and O–H groups in total. The molecule has 0 saturated carbocycles. The molecule has 0 amide bonds. The highest BCUT2D eigenvalue weighted by molar-refractivity contribution is 5.80. The molecular weight excluding hydrogens is 350 g/mol. The molecular formula is C23H31N3O2. The van der Waals surface area contributed by atoms with Gasteiger partial charge in [0.25, 0.3) is 0 Å². The first-order valence-corrected chi connectivity index (χ1v) is 10.2. The van der Waals surface area contributed by atoms with Gasteiger partial charge in [0, 0.05) is 32.3 Å². The van der Waals surface area contributed by atoms with Crippen LogP contribution in [0.1, 0.15) is 19.8 Å². The van der Waals surface area contributed by atoms with Gasteiger partial charge in [-0.1, -0.05) is 48.5 Å². The predicted octanol–water partition coefficient (Wildman–Crippen LogP) is 3.81. The van der Waals surface area contributed by atoms with E-state index in [2.05, 4.69) is 40.3 Å². The van der Waals surface area contributed by atoms with E-state index in [-0.39, 0.29) is 0 Å². The zero-order valence-corrected chi connectivity index (χ0v) is 16.9. The molecule has 1 aliphatic heterocycles. The van der Waals surface area contributed by atoms with E-state index in [1.165, 1.54) is 5.56 Å². The Bertz CT molecular complexity index is 741. The lowest BCUT2D eigenvalue weighted by atomic mass is 10.1. The summed E-state index contributed by atoms with van der Waals surface area (Å²) >= 11 is 0. The SMILES string of the molecule is CCOC1CCN(C(=NC)NCCOc2ccccc2-c2ccccc2)CC1. The van der Waals surface area contributed by atoms with Crippen molar-refractivity contribution >= 4 is 5.96 Å². The topological polar surface area (TPSA) is 46.1 Å². The highest BCUT2D eigenvalue weighted by atomic mass is 16.5. The normalized spacial score (nSPS) is 15.5. The fourth-order valence-electron chi connectivity index (χ4n) is 3.57. The number of piperidine rings is 1. The van der Waals surface area contributed by atoms with Gasteiger partial charge < -0.3 is 19.7 Å². The third kappa shape index (κ3) is 5.49. The molecule has 1 heterocycles. The summed E-state index contributed by atoms with van der Waals surface area (Å²) in [4.78, 5) is 6.73. The molecule has 150 valence electrons. The molecule has 2 aromatic rings. The van der Waals surface area contributed by atoms with Crippen LogP contribution in [0.25, 0.3) is 11.1 Å². The number of likely N-dealkylation sites (tertiary alicyclic amines) is 1. The first-order valence-electron chi connectivity index (χ1n) is 10.2. The minimum Gasteiger partial charge on any atom is -0.491 e. The zero-order valence-electron chi connectivity index (χ0n) is 16.9. The van der Waals surface area contributed by atoms with Crippen LogP contribution in [0.4, 0.5) is 0 Å². The fraction of sp³-hybridized carbons (Fsp3) is 0.435. The first kappa shape index (κ1) is 20.2. The largest absolute Gasteiger partial charge is 0.491 e. The number of hydrogen-bond acceptors (Lipinski definition) is 3. The van der Waals surface area contributed by atoms with E-state index in [0.717, 1.165) is 49.8 Å². The van der Waals surface area contributed by atoms with E-state index in [1.807, 2.05) is 43.4 Å². The number of ether oxygens (including phenoxy) is 2. The summed E-state index contributed by atoms with van der Waals surface area (Å²) in [7, 11) is 1.84. The van der Waals surface area contributed by atoms with Crippen LogP contribution in [-0.2, 0) is 4.74 Å². The third-order valence-corrected chi connectivity index (χ3v) is 4.97.